The van der Waals surface area contributed by atoms with Gasteiger partial charge in [0.1, 0.15) is 6.54 Å². The summed E-state index contributed by atoms with van der Waals surface area (Å²) in [5.74, 6) is -0.970. The molecular formula is C15H20F3N3O3S. The standard InChI is InChI=1S/C15H20F3N3O3S/c1-19-9-12-5-3-7-21(12)25(23,24)13-6-2-4-11(8-13)14(22)20-10-15(16,17)18/h2,4,6,8,12,19H,3,5,7,9-10H2,1H3,(H,20,22). The molecule has 1 aliphatic heterocycles. The molecule has 2 N–H and O–H groups in total. The van der Waals surface area contributed by atoms with E-state index in [0.717, 1.165) is 18.9 Å². The summed E-state index contributed by atoms with van der Waals surface area (Å²) >= 11 is 0. The average molecular weight is 379 g/mol. The minimum absolute atomic E-state index is 0.102. The summed E-state index contributed by atoms with van der Waals surface area (Å²) in [5.41, 5.74) is -0.130. The fourth-order valence-electron chi connectivity index (χ4n) is 2.78. The Bertz CT molecular complexity index is 722. The molecule has 140 valence electrons. The summed E-state index contributed by atoms with van der Waals surface area (Å²) < 4.78 is 63.6. The normalized spacial score (nSPS) is 19.1. The number of halogens is 3. The molecule has 1 aliphatic rings. The Kier molecular flexibility index (Phi) is 6.07. The Morgan fingerprint density at radius 1 is 1.36 bits per heavy atom. The van der Waals surface area contributed by atoms with Crippen molar-refractivity contribution in [2.45, 2.75) is 30.0 Å². The number of amides is 1. The second-order valence-corrected chi connectivity index (χ2v) is 7.69. The molecule has 2 rings (SSSR count). The van der Waals surface area contributed by atoms with E-state index in [-0.39, 0.29) is 16.5 Å². The number of sulfonamides is 1. The van der Waals surface area contributed by atoms with Gasteiger partial charge in [0.15, 0.2) is 0 Å². The number of nitrogens with zero attached hydrogens (tertiary/aromatic N) is 1. The lowest BCUT2D eigenvalue weighted by atomic mass is 10.2. The molecule has 0 bridgehead atoms. The SMILES string of the molecule is CNCC1CCCN1S(=O)(=O)c1cccc(C(=O)NCC(F)(F)F)c1. The largest absolute Gasteiger partial charge is 0.405 e. The lowest BCUT2D eigenvalue weighted by Gasteiger charge is -2.24. The summed E-state index contributed by atoms with van der Waals surface area (Å²) in [7, 11) is -2.09. The minimum atomic E-state index is -4.53. The predicted molar refractivity (Wildman–Crippen MR) is 85.7 cm³/mol. The first kappa shape index (κ1) is 19.7. The molecule has 1 aromatic carbocycles. The maximum Gasteiger partial charge on any atom is 0.405 e. The van der Waals surface area contributed by atoms with Gasteiger partial charge in [0.2, 0.25) is 10.0 Å². The van der Waals surface area contributed by atoms with Crippen LogP contribution in [0, 0.1) is 0 Å². The van der Waals surface area contributed by atoms with E-state index in [0.29, 0.717) is 13.1 Å². The third-order valence-corrected chi connectivity index (χ3v) is 5.86. The maximum absolute atomic E-state index is 12.8. The van der Waals surface area contributed by atoms with Crippen molar-refractivity contribution in [3.8, 4) is 0 Å². The second kappa shape index (κ2) is 7.71. The Balaban J connectivity index is 2.21. The fourth-order valence-corrected chi connectivity index (χ4v) is 4.52. The summed E-state index contributed by atoms with van der Waals surface area (Å²) in [6.07, 6.45) is -3.07. The van der Waals surface area contributed by atoms with E-state index in [1.165, 1.54) is 22.5 Å². The van der Waals surface area contributed by atoms with E-state index in [4.69, 9.17) is 0 Å². The van der Waals surface area contributed by atoms with Crippen LogP contribution in [0.1, 0.15) is 23.2 Å². The van der Waals surface area contributed by atoms with Crippen LogP contribution in [0.2, 0.25) is 0 Å². The molecule has 0 radical (unpaired) electrons. The number of hydrogen-bond acceptors (Lipinski definition) is 4. The van der Waals surface area contributed by atoms with Gasteiger partial charge in [-0.15, -0.1) is 0 Å². The van der Waals surface area contributed by atoms with Crippen molar-refractivity contribution < 1.29 is 26.4 Å². The monoisotopic (exact) mass is 379 g/mol. The highest BCUT2D eigenvalue weighted by Gasteiger charge is 2.35. The molecule has 0 aromatic heterocycles. The highest BCUT2D eigenvalue weighted by molar-refractivity contribution is 7.89. The number of carbonyl (C=O) groups excluding carboxylic acids is 1. The molecule has 1 amide bonds. The molecule has 1 fully saturated rings. The highest BCUT2D eigenvalue weighted by atomic mass is 32.2. The first-order chi connectivity index (χ1) is 11.6. The topological polar surface area (TPSA) is 78.5 Å². The van der Waals surface area contributed by atoms with Crippen molar-refractivity contribution in [3.63, 3.8) is 0 Å². The number of rotatable bonds is 6. The molecule has 1 aromatic rings. The van der Waals surface area contributed by atoms with Gasteiger partial charge in [-0.3, -0.25) is 4.79 Å². The van der Waals surface area contributed by atoms with Crippen molar-refractivity contribution >= 4 is 15.9 Å². The third-order valence-electron chi connectivity index (χ3n) is 3.92. The van der Waals surface area contributed by atoms with Gasteiger partial charge in [-0.1, -0.05) is 6.07 Å². The molecule has 1 saturated heterocycles. The molecule has 1 unspecified atom stereocenters. The Labute approximate surface area is 144 Å². The van der Waals surface area contributed by atoms with E-state index in [1.807, 2.05) is 0 Å². The smallest absolute Gasteiger partial charge is 0.343 e. The van der Waals surface area contributed by atoms with Crippen LogP contribution in [0.5, 0.6) is 0 Å². The van der Waals surface area contributed by atoms with Crippen LogP contribution < -0.4 is 10.6 Å². The zero-order valence-corrected chi connectivity index (χ0v) is 14.5. The molecule has 0 aliphatic carbocycles. The number of nitrogens with one attached hydrogen (secondary N) is 2. The number of likely N-dealkylation sites (N-methyl/N-ethyl adjacent to an activating group) is 1. The van der Waals surface area contributed by atoms with E-state index < -0.39 is 28.7 Å². The van der Waals surface area contributed by atoms with Crippen molar-refractivity contribution in [2.24, 2.45) is 0 Å². The Hall–Kier alpha value is -1.65. The number of hydrogen-bond donors (Lipinski definition) is 2. The van der Waals surface area contributed by atoms with Gasteiger partial charge >= 0.3 is 6.18 Å². The van der Waals surface area contributed by atoms with Crippen molar-refractivity contribution in [1.29, 1.82) is 0 Å². The average Bonchev–Trinajstić information content (AvgIpc) is 3.01. The van der Waals surface area contributed by atoms with Crippen LogP contribution in [0.4, 0.5) is 13.2 Å². The van der Waals surface area contributed by atoms with Gasteiger partial charge < -0.3 is 10.6 Å². The molecule has 0 saturated carbocycles. The van der Waals surface area contributed by atoms with Crippen LogP contribution in [-0.2, 0) is 10.0 Å². The van der Waals surface area contributed by atoms with Crippen molar-refractivity contribution in [1.82, 2.24) is 14.9 Å². The van der Waals surface area contributed by atoms with E-state index in [9.17, 15) is 26.4 Å². The summed E-state index contributed by atoms with van der Waals surface area (Å²) in [5, 5.41) is 4.68. The zero-order valence-electron chi connectivity index (χ0n) is 13.6. The first-order valence-electron chi connectivity index (χ1n) is 7.76. The summed E-state index contributed by atoms with van der Waals surface area (Å²) in [6, 6.07) is 4.89. The second-order valence-electron chi connectivity index (χ2n) is 5.80. The van der Waals surface area contributed by atoms with Crippen LogP contribution in [-0.4, -0.2) is 57.5 Å². The Morgan fingerprint density at radius 3 is 2.72 bits per heavy atom. The molecule has 0 spiro atoms. The predicted octanol–water partition coefficient (Wildman–Crippen LogP) is 1.35. The van der Waals surface area contributed by atoms with Crippen LogP contribution >= 0.6 is 0 Å². The van der Waals surface area contributed by atoms with Gasteiger partial charge in [0.25, 0.3) is 5.91 Å². The van der Waals surface area contributed by atoms with Crippen molar-refractivity contribution in [3.05, 3.63) is 29.8 Å². The molecule has 25 heavy (non-hydrogen) atoms. The zero-order chi connectivity index (χ0) is 18.7. The summed E-state index contributed by atoms with van der Waals surface area (Å²) in [4.78, 5) is 11.7. The summed E-state index contributed by atoms with van der Waals surface area (Å²) in [6.45, 7) is -0.594. The van der Waals surface area contributed by atoms with Crippen LogP contribution in [0.25, 0.3) is 0 Å². The van der Waals surface area contributed by atoms with Crippen molar-refractivity contribution in [2.75, 3.05) is 26.7 Å². The molecular weight excluding hydrogens is 359 g/mol. The highest BCUT2D eigenvalue weighted by Crippen LogP contribution is 2.26. The van der Waals surface area contributed by atoms with Gasteiger partial charge in [0.05, 0.1) is 4.90 Å². The first-order valence-corrected chi connectivity index (χ1v) is 9.20. The van der Waals surface area contributed by atoms with Gasteiger partial charge in [-0.05, 0) is 38.1 Å². The van der Waals surface area contributed by atoms with Gasteiger partial charge in [0, 0.05) is 24.7 Å². The molecule has 1 heterocycles. The Morgan fingerprint density at radius 2 is 2.08 bits per heavy atom. The fraction of sp³-hybridized carbons (Fsp3) is 0.533. The van der Waals surface area contributed by atoms with Gasteiger partial charge in [-0.25, -0.2) is 8.42 Å². The van der Waals surface area contributed by atoms with E-state index >= 15 is 0 Å². The molecule has 10 heteroatoms. The number of benzene rings is 1. The minimum Gasteiger partial charge on any atom is -0.343 e. The van der Waals surface area contributed by atoms with Crippen LogP contribution in [0.3, 0.4) is 0 Å². The number of carbonyl (C=O) groups is 1. The lowest BCUT2D eigenvalue weighted by molar-refractivity contribution is -0.123. The lowest BCUT2D eigenvalue weighted by Crippen LogP contribution is -2.40. The third kappa shape index (κ3) is 4.93. The molecule has 1 atom stereocenters. The number of alkyl halides is 3. The quantitative estimate of drug-likeness (QED) is 0.782. The maximum atomic E-state index is 12.8. The van der Waals surface area contributed by atoms with E-state index in [1.54, 1.807) is 12.4 Å². The van der Waals surface area contributed by atoms with Crippen LogP contribution in [0.15, 0.2) is 29.2 Å². The van der Waals surface area contributed by atoms with Gasteiger partial charge in [-0.2, -0.15) is 17.5 Å². The van der Waals surface area contributed by atoms with E-state index in [2.05, 4.69) is 5.32 Å². The molecule has 6 nitrogen and oxygen atoms in total.